The van der Waals surface area contributed by atoms with Gasteiger partial charge in [0, 0.05) is 18.0 Å². The lowest BCUT2D eigenvalue weighted by atomic mass is 10.1. The van der Waals surface area contributed by atoms with Crippen molar-refractivity contribution in [1.82, 2.24) is 5.32 Å². The molecule has 0 fully saturated rings. The van der Waals surface area contributed by atoms with Crippen LogP contribution in [0.4, 0.5) is 18.9 Å². The van der Waals surface area contributed by atoms with E-state index in [0.29, 0.717) is 11.3 Å². The summed E-state index contributed by atoms with van der Waals surface area (Å²) in [4.78, 5) is 26.9. The van der Waals surface area contributed by atoms with Gasteiger partial charge in [0.25, 0.3) is 5.91 Å². The molecular weight excluding hydrogens is 377 g/mol. The molecule has 1 heterocycles. The second kappa shape index (κ2) is 7.48. The number of hydrogen-bond donors (Lipinski definition) is 1. The van der Waals surface area contributed by atoms with Crippen molar-refractivity contribution in [2.45, 2.75) is 17.6 Å². The summed E-state index contributed by atoms with van der Waals surface area (Å²) in [6.07, 6.45) is -3.26. The number of likely N-dealkylation sites (N-methyl/N-ethyl adjacent to an activating group) is 1. The van der Waals surface area contributed by atoms with Crippen LogP contribution < -0.4 is 10.2 Å². The van der Waals surface area contributed by atoms with Crippen molar-refractivity contribution in [3.05, 3.63) is 70.6 Å². The summed E-state index contributed by atoms with van der Waals surface area (Å²) in [5.74, 6) is -0.857. The van der Waals surface area contributed by atoms with E-state index in [9.17, 15) is 22.8 Å². The number of benzene rings is 2. The maximum absolute atomic E-state index is 13.0. The number of hydrogen-bond acceptors (Lipinski definition) is 3. The summed E-state index contributed by atoms with van der Waals surface area (Å²) >= 11 is 1.16. The number of nitrogens with one attached hydrogen (secondary N) is 1. The zero-order chi connectivity index (χ0) is 19.6. The molecule has 1 aliphatic heterocycles. The molecule has 0 aliphatic carbocycles. The number of thioether (sulfide) groups is 1. The number of para-hydroxylation sites is 1. The number of alkyl halides is 3. The minimum atomic E-state index is -4.46. The summed E-state index contributed by atoms with van der Waals surface area (Å²) in [6, 6.07) is 11.9. The van der Waals surface area contributed by atoms with Gasteiger partial charge >= 0.3 is 6.18 Å². The lowest BCUT2D eigenvalue weighted by Gasteiger charge is -2.30. The Morgan fingerprint density at radius 1 is 1.19 bits per heavy atom. The van der Waals surface area contributed by atoms with Crippen molar-refractivity contribution in [3.63, 3.8) is 0 Å². The van der Waals surface area contributed by atoms with Crippen LogP contribution in [-0.4, -0.2) is 18.9 Å². The van der Waals surface area contributed by atoms with Gasteiger partial charge in [-0.05, 0) is 29.8 Å². The quantitative estimate of drug-likeness (QED) is 0.804. The van der Waals surface area contributed by atoms with Crippen molar-refractivity contribution in [2.75, 3.05) is 11.9 Å². The number of anilines is 1. The van der Waals surface area contributed by atoms with Crippen LogP contribution in [0, 0.1) is 0 Å². The molecule has 4 nitrogen and oxygen atoms in total. The summed E-state index contributed by atoms with van der Waals surface area (Å²) in [5, 5.41) is 2.42. The highest BCUT2D eigenvalue weighted by atomic mass is 32.2. The van der Waals surface area contributed by atoms with E-state index in [1.165, 1.54) is 30.2 Å². The summed E-state index contributed by atoms with van der Waals surface area (Å²) in [6.45, 7) is -0.0363. The Hall–Kier alpha value is -2.74. The predicted molar refractivity (Wildman–Crippen MR) is 97.1 cm³/mol. The number of nitrogens with zero attached hydrogens (tertiary/aromatic N) is 1. The highest BCUT2D eigenvalue weighted by Gasteiger charge is 2.32. The Balaban J connectivity index is 1.99. The van der Waals surface area contributed by atoms with Crippen LogP contribution in [0.15, 0.2) is 64.4 Å². The van der Waals surface area contributed by atoms with Crippen molar-refractivity contribution in [3.8, 4) is 0 Å². The number of fused-ring (bicyclic) bond motifs is 1. The molecule has 1 N–H and O–H groups in total. The molecule has 27 heavy (non-hydrogen) atoms. The van der Waals surface area contributed by atoms with Crippen molar-refractivity contribution in [2.24, 2.45) is 0 Å². The van der Waals surface area contributed by atoms with Crippen molar-refractivity contribution in [1.29, 1.82) is 0 Å². The van der Waals surface area contributed by atoms with Gasteiger partial charge in [0.2, 0.25) is 5.91 Å². The summed E-state index contributed by atoms with van der Waals surface area (Å²) in [5.41, 5.74) is 0.173. The fourth-order valence-electron chi connectivity index (χ4n) is 2.64. The SMILES string of the molecule is CNC(=O)C=C1Sc2ccccc2N(Cc2cccc(C(F)(F)F)c2)C1=O. The van der Waals surface area contributed by atoms with Gasteiger partial charge < -0.3 is 10.2 Å². The number of amides is 2. The maximum Gasteiger partial charge on any atom is 0.416 e. The normalized spacial score (nSPS) is 15.6. The molecule has 0 spiro atoms. The zero-order valence-corrected chi connectivity index (χ0v) is 15.0. The monoisotopic (exact) mass is 392 g/mol. The average Bonchev–Trinajstić information content (AvgIpc) is 2.64. The van der Waals surface area contributed by atoms with Crippen LogP contribution in [0.1, 0.15) is 11.1 Å². The van der Waals surface area contributed by atoms with Crippen molar-refractivity contribution < 1.29 is 22.8 Å². The topological polar surface area (TPSA) is 49.4 Å². The number of rotatable bonds is 3. The predicted octanol–water partition coefficient (Wildman–Crippen LogP) is 3.97. The molecule has 8 heteroatoms. The van der Waals surface area contributed by atoms with E-state index in [4.69, 9.17) is 0 Å². The Morgan fingerprint density at radius 2 is 1.93 bits per heavy atom. The summed E-state index contributed by atoms with van der Waals surface area (Å²) in [7, 11) is 1.45. The van der Waals surface area contributed by atoms with E-state index >= 15 is 0 Å². The first-order chi connectivity index (χ1) is 12.8. The van der Waals surface area contributed by atoms with Crippen LogP contribution in [0.5, 0.6) is 0 Å². The summed E-state index contributed by atoms with van der Waals surface area (Å²) < 4.78 is 38.9. The van der Waals surface area contributed by atoms with E-state index < -0.39 is 23.6 Å². The van der Waals surface area contributed by atoms with Crippen LogP contribution >= 0.6 is 11.8 Å². The second-order valence-corrected chi connectivity index (χ2v) is 6.87. The Morgan fingerprint density at radius 3 is 2.63 bits per heavy atom. The zero-order valence-electron chi connectivity index (χ0n) is 14.2. The molecule has 1 aliphatic rings. The molecule has 0 radical (unpaired) electrons. The van der Waals surface area contributed by atoms with Gasteiger partial charge in [0.05, 0.1) is 22.7 Å². The minimum Gasteiger partial charge on any atom is -0.356 e. The Bertz CT molecular complexity index is 925. The first-order valence-electron chi connectivity index (χ1n) is 7.98. The van der Waals surface area contributed by atoms with Crippen LogP contribution in [0.2, 0.25) is 0 Å². The minimum absolute atomic E-state index is 0.0363. The first kappa shape index (κ1) is 19.0. The molecule has 2 amide bonds. The molecule has 0 unspecified atom stereocenters. The highest BCUT2D eigenvalue weighted by Crippen LogP contribution is 2.42. The van der Waals surface area contributed by atoms with E-state index in [-0.39, 0.29) is 11.4 Å². The fraction of sp³-hybridized carbons (Fsp3) is 0.158. The van der Waals surface area contributed by atoms with Crippen LogP contribution in [0.25, 0.3) is 0 Å². The Kier molecular flexibility index (Phi) is 5.27. The molecule has 2 aromatic rings. The lowest BCUT2D eigenvalue weighted by molar-refractivity contribution is -0.137. The first-order valence-corrected chi connectivity index (χ1v) is 8.79. The molecule has 0 saturated heterocycles. The van der Waals surface area contributed by atoms with Crippen LogP contribution in [0.3, 0.4) is 0 Å². The average molecular weight is 392 g/mol. The Labute approximate surface area is 158 Å². The largest absolute Gasteiger partial charge is 0.416 e. The van der Waals surface area contributed by atoms with Gasteiger partial charge in [-0.25, -0.2) is 0 Å². The van der Waals surface area contributed by atoms with E-state index in [0.717, 1.165) is 28.8 Å². The standard InChI is InChI=1S/C19H15F3N2O2S/c1-23-17(25)10-16-18(26)24(14-7-2-3-8-15(14)27-16)11-12-5-4-6-13(9-12)19(20,21)22/h2-10H,11H2,1H3,(H,23,25). The lowest BCUT2D eigenvalue weighted by Crippen LogP contribution is -2.34. The highest BCUT2D eigenvalue weighted by molar-refractivity contribution is 8.04. The molecule has 0 saturated carbocycles. The maximum atomic E-state index is 13.0. The number of halogens is 3. The third-order valence-electron chi connectivity index (χ3n) is 3.94. The molecule has 2 aromatic carbocycles. The van der Waals surface area contributed by atoms with E-state index in [1.54, 1.807) is 24.3 Å². The van der Waals surface area contributed by atoms with Gasteiger partial charge in [-0.2, -0.15) is 13.2 Å². The van der Waals surface area contributed by atoms with Gasteiger partial charge in [0.15, 0.2) is 0 Å². The van der Waals surface area contributed by atoms with E-state index in [2.05, 4.69) is 5.32 Å². The molecule has 0 aromatic heterocycles. The van der Waals surface area contributed by atoms with Gasteiger partial charge in [-0.15, -0.1) is 0 Å². The molecule has 0 atom stereocenters. The van der Waals surface area contributed by atoms with Gasteiger partial charge in [-0.3, -0.25) is 9.59 Å². The molecule has 140 valence electrons. The van der Waals surface area contributed by atoms with Crippen LogP contribution in [-0.2, 0) is 22.3 Å². The van der Waals surface area contributed by atoms with Crippen molar-refractivity contribution >= 4 is 29.3 Å². The molecule has 3 rings (SSSR count). The fourth-order valence-corrected chi connectivity index (χ4v) is 3.67. The number of carbonyl (C=O) groups is 2. The number of carbonyl (C=O) groups excluding carboxylic acids is 2. The van der Waals surface area contributed by atoms with Gasteiger partial charge in [0.1, 0.15) is 0 Å². The molecule has 0 bridgehead atoms. The molecular formula is C19H15F3N2O2S. The van der Waals surface area contributed by atoms with E-state index in [1.807, 2.05) is 0 Å². The third-order valence-corrected chi connectivity index (χ3v) is 5.01. The smallest absolute Gasteiger partial charge is 0.356 e. The second-order valence-electron chi connectivity index (χ2n) is 5.78. The van der Waals surface area contributed by atoms with Gasteiger partial charge in [-0.1, -0.05) is 36.0 Å². The third kappa shape index (κ3) is 4.16.